The molecule has 21 heavy (non-hydrogen) atoms. The number of carbonyl (C=O) groups is 2. The Labute approximate surface area is 124 Å². The van der Waals surface area contributed by atoms with E-state index in [1.807, 2.05) is 13.8 Å². The third-order valence-corrected chi connectivity index (χ3v) is 3.00. The molecule has 0 aromatic heterocycles. The second-order valence-corrected chi connectivity index (χ2v) is 5.13. The highest BCUT2D eigenvalue weighted by Gasteiger charge is 2.24. The van der Waals surface area contributed by atoms with E-state index in [0.29, 0.717) is 23.4 Å². The fourth-order valence-corrected chi connectivity index (χ4v) is 1.94. The first-order valence-corrected chi connectivity index (χ1v) is 6.71. The molecule has 0 aliphatic carbocycles. The van der Waals surface area contributed by atoms with Crippen molar-refractivity contribution in [3.63, 3.8) is 0 Å². The molecule has 0 aliphatic rings. The Hall–Kier alpha value is -2.24. The number of amides is 1. The number of nitrogens with one attached hydrogen (secondary N) is 1. The van der Waals surface area contributed by atoms with Crippen molar-refractivity contribution in [3.05, 3.63) is 23.8 Å². The standard InChI is InChI=1S/C15H22N2O4/c1-9(2)7-13(15(19)21-4)17-14(18)11-6-5-10(20-3)8-12(11)16/h5-6,8-9,13H,7,16H2,1-4H3,(H,17,18)/t13-/m0/s1. The number of nitrogens with two attached hydrogens (primary N) is 1. The van der Waals surface area contributed by atoms with Crippen LogP contribution in [0.4, 0.5) is 5.69 Å². The molecular weight excluding hydrogens is 272 g/mol. The zero-order valence-corrected chi connectivity index (χ0v) is 12.8. The number of rotatable bonds is 6. The van der Waals surface area contributed by atoms with E-state index in [1.54, 1.807) is 18.2 Å². The van der Waals surface area contributed by atoms with Gasteiger partial charge in [-0.05, 0) is 24.5 Å². The predicted molar refractivity (Wildman–Crippen MR) is 80.1 cm³/mol. The lowest BCUT2D eigenvalue weighted by atomic mass is 10.0. The molecule has 0 heterocycles. The van der Waals surface area contributed by atoms with Gasteiger partial charge in [-0.15, -0.1) is 0 Å². The van der Waals surface area contributed by atoms with Gasteiger partial charge in [-0.2, -0.15) is 0 Å². The third kappa shape index (κ3) is 4.66. The van der Waals surface area contributed by atoms with Crippen molar-refractivity contribution in [3.8, 4) is 5.75 Å². The van der Waals surface area contributed by atoms with Crippen LogP contribution in [-0.2, 0) is 9.53 Å². The van der Waals surface area contributed by atoms with Crippen molar-refractivity contribution in [2.24, 2.45) is 5.92 Å². The fourth-order valence-electron chi connectivity index (χ4n) is 1.94. The van der Waals surface area contributed by atoms with E-state index in [-0.39, 0.29) is 5.92 Å². The smallest absolute Gasteiger partial charge is 0.328 e. The fraction of sp³-hybridized carbons (Fsp3) is 0.467. The molecule has 0 bridgehead atoms. The molecule has 0 radical (unpaired) electrons. The summed E-state index contributed by atoms with van der Waals surface area (Å²) in [6.07, 6.45) is 0.495. The van der Waals surface area contributed by atoms with Crippen LogP contribution in [0.3, 0.4) is 0 Å². The lowest BCUT2D eigenvalue weighted by molar-refractivity contribution is -0.143. The summed E-state index contributed by atoms with van der Waals surface area (Å²) in [5.41, 5.74) is 6.42. The van der Waals surface area contributed by atoms with Gasteiger partial charge < -0.3 is 20.5 Å². The molecule has 116 valence electrons. The number of hydrogen-bond donors (Lipinski definition) is 2. The van der Waals surface area contributed by atoms with Gasteiger partial charge in [0.05, 0.1) is 19.8 Å². The molecule has 6 nitrogen and oxygen atoms in total. The molecule has 0 saturated carbocycles. The summed E-state index contributed by atoms with van der Waals surface area (Å²) in [7, 11) is 2.81. The van der Waals surface area contributed by atoms with E-state index in [0.717, 1.165) is 0 Å². The maximum atomic E-state index is 12.2. The second kappa shape index (κ2) is 7.52. The minimum absolute atomic E-state index is 0.239. The average Bonchev–Trinajstić information content (AvgIpc) is 2.44. The van der Waals surface area contributed by atoms with Gasteiger partial charge in [0.25, 0.3) is 5.91 Å². The zero-order valence-electron chi connectivity index (χ0n) is 12.8. The largest absolute Gasteiger partial charge is 0.497 e. The first-order valence-electron chi connectivity index (χ1n) is 6.71. The molecule has 0 aliphatic heterocycles. The Morgan fingerprint density at radius 2 is 1.95 bits per heavy atom. The monoisotopic (exact) mass is 294 g/mol. The summed E-state index contributed by atoms with van der Waals surface area (Å²) in [5.74, 6) is -0.0753. The minimum atomic E-state index is -0.691. The molecule has 6 heteroatoms. The van der Waals surface area contributed by atoms with Crippen molar-refractivity contribution in [2.45, 2.75) is 26.3 Å². The molecule has 1 aromatic carbocycles. The summed E-state index contributed by atoms with van der Waals surface area (Å²) >= 11 is 0. The van der Waals surface area contributed by atoms with Gasteiger partial charge in [-0.3, -0.25) is 4.79 Å². The minimum Gasteiger partial charge on any atom is -0.497 e. The van der Waals surface area contributed by atoms with E-state index in [1.165, 1.54) is 14.2 Å². The van der Waals surface area contributed by atoms with Gasteiger partial charge in [-0.1, -0.05) is 13.8 Å². The van der Waals surface area contributed by atoms with Crippen molar-refractivity contribution in [1.29, 1.82) is 0 Å². The van der Waals surface area contributed by atoms with Crippen molar-refractivity contribution < 1.29 is 19.1 Å². The van der Waals surface area contributed by atoms with Crippen LogP contribution in [0.25, 0.3) is 0 Å². The van der Waals surface area contributed by atoms with Gasteiger partial charge in [-0.25, -0.2) is 4.79 Å². The van der Waals surface area contributed by atoms with Gasteiger partial charge in [0.1, 0.15) is 11.8 Å². The molecular formula is C15H22N2O4. The highest BCUT2D eigenvalue weighted by Crippen LogP contribution is 2.20. The first kappa shape index (κ1) is 16.8. The van der Waals surface area contributed by atoms with Crippen LogP contribution >= 0.6 is 0 Å². The number of carbonyl (C=O) groups excluding carboxylic acids is 2. The maximum Gasteiger partial charge on any atom is 0.328 e. The van der Waals surface area contributed by atoms with Gasteiger partial charge >= 0.3 is 5.97 Å². The maximum absolute atomic E-state index is 12.2. The van der Waals surface area contributed by atoms with E-state index in [4.69, 9.17) is 15.2 Å². The van der Waals surface area contributed by atoms with Gasteiger partial charge in [0.2, 0.25) is 0 Å². The van der Waals surface area contributed by atoms with Crippen molar-refractivity contribution >= 4 is 17.6 Å². The first-order chi connectivity index (χ1) is 9.88. The second-order valence-electron chi connectivity index (χ2n) is 5.13. The van der Waals surface area contributed by atoms with Crippen molar-refractivity contribution in [2.75, 3.05) is 20.0 Å². The molecule has 1 aromatic rings. The lowest BCUT2D eigenvalue weighted by Gasteiger charge is -2.19. The number of anilines is 1. The topological polar surface area (TPSA) is 90.6 Å². The molecule has 0 spiro atoms. The lowest BCUT2D eigenvalue weighted by Crippen LogP contribution is -2.42. The molecule has 0 unspecified atom stereocenters. The van der Waals surface area contributed by atoms with Crippen LogP contribution in [0.5, 0.6) is 5.75 Å². The number of nitrogen functional groups attached to an aromatic ring is 1. The van der Waals surface area contributed by atoms with Crippen molar-refractivity contribution in [1.82, 2.24) is 5.32 Å². The predicted octanol–water partition coefficient (Wildman–Crippen LogP) is 1.59. The number of benzene rings is 1. The Balaban J connectivity index is 2.88. The Kier molecular flexibility index (Phi) is 6.02. The quantitative estimate of drug-likeness (QED) is 0.614. The van der Waals surface area contributed by atoms with Crippen LogP contribution in [0.1, 0.15) is 30.6 Å². The summed E-state index contributed by atoms with van der Waals surface area (Å²) in [6.45, 7) is 3.92. The average molecular weight is 294 g/mol. The molecule has 0 saturated heterocycles. The molecule has 1 amide bonds. The van der Waals surface area contributed by atoms with E-state index < -0.39 is 17.9 Å². The molecule has 1 atom stereocenters. The van der Waals surface area contributed by atoms with Crippen LogP contribution in [0, 0.1) is 5.92 Å². The summed E-state index contributed by atoms with van der Waals surface area (Å²) in [5, 5.41) is 2.66. The van der Waals surface area contributed by atoms with Crippen LogP contribution in [-0.4, -0.2) is 32.1 Å². The number of methoxy groups -OCH3 is 2. The molecule has 3 N–H and O–H groups in total. The van der Waals surface area contributed by atoms with Crippen LogP contribution in [0.2, 0.25) is 0 Å². The van der Waals surface area contributed by atoms with Crippen LogP contribution < -0.4 is 15.8 Å². The third-order valence-electron chi connectivity index (χ3n) is 3.00. The Morgan fingerprint density at radius 3 is 2.43 bits per heavy atom. The highest BCUT2D eigenvalue weighted by atomic mass is 16.5. The van der Waals surface area contributed by atoms with Crippen LogP contribution in [0.15, 0.2) is 18.2 Å². The van der Waals surface area contributed by atoms with E-state index >= 15 is 0 Å². The Morgan fingerprint density at radius 1 is 1.29 bits per heavy atom. The Bertz CT molecular complexity index is 514. The van der Waals surface area contributed by atoms with Gasteiger partial charge in [0, 0.05) is 11.8 Å². The van der Waals surface area contributed by atoms with E-state index in [9.17, 15) is 9.59 Å². The molecule has 1 rings (SSSR count). The number of hydrogen-bond acceptors (Lipinski definition) is 5. The molecule has 0 fully saturated rings. The zero-order chi connectivity index (χ0) is 16.0. The number of esters is 1. The summed E-state index contributed by atoms with van der Waals surface area (Å²) in [6, 6.07) is 4.07. The number of ether oxygens (including phenoxy) is 2. The summed E-state index contributed by atoms with van der Waals surface area (Å²) in [4.78, 5) is 23.9. The van der Waals surface area contributed by atoms with Gasteiger partial charge in [0.15, 0.2) is 0 Å². The normalized spacial score (nSPS) is 11.9. The highest BCUT2D eigenvalue weighted by molar-refractivity contribution is 6.01. The van der Waals surface area contributed by atoms with E-state index in [2.05, 4.69) is 5.32 Å². The SMILES string of the molecule is COC(=O)[C@H](CC(C)C)NC(=O)c1ccc(OC)cc1N. The summed E-state index contributed by atoms with van der Waals surface area (Å²) < 4.78 is 9.75.